The SMILES string of the molecule is CC1=C(C(=O)N(C(C)C)C(C)C)CC(CC(=O)NCCCCc2ccccc2)C(=O)N1Cc1ccc(F)cc1. The number of halogens is 1. The minimum Gasteiger partial charge on any atom is -0.356 e. The van der Waals surface area contributed by atoms with E-state index in [9.17, 15) is 18.8 Å². The van der Waals surface area contributed by atoms with Gasteiger partial charge in [0.2, 0.25) is 11.8 Å². The number of nitrogens with one attached hydrogen (secondary N) is 1. The van der Waals surface area contributed by atoms with E-state index in [1.54, 1.807) is 24.0 Å². The fraction of sp³-hybridized carbons (Fsp3) is 0.469. The van der Waals surface area contributed by atoms with Crippen molar-refractivity contribution in [3.8, 4) is 0 Å². The summed E-state index contributed by atoms with van der Waals surface area (Å²) in [5.74, 6) is -1.48. The van der Waals surface area contributed by atoms with Crippen LogP contribution in [0.25, 0.3) is 0 Å². The van der Waals surface area contributed by atoms with Gasteiger partial charge in [0.15, 0.2) is 0 Å². The summed E-state index contributed by atoms with van der Waals surface area (Å²) in [5, 5.41) is 2.96. The number of carbonyl (C=O) groups is 3. The van der Waals surface area contributed by atoms with Gasteiger partial charge < -0.3 is 15.1 Å². The van der Waals surface area contributed by atoms with Gasteiger partial charge in [-0.15, -0.1) is 0 Å². The molecule has 0 saturated carbocycles. The van der Waals surface area contributed by atoms with E-state index in [0.717, 1.165) is 24.8 Å². The molecule has 39 heavy (non-hydrogen) atoms. The smallest absolute Gasteiger partial charge is 0.252 e. The van der Waals surface area contributed by atoms with E-state index in [4.69, 9.17) is 0 Å². The van der Waals surface area contributed by atoms with Gasteiger partial charge in [0.05, 0.1) is 12.5 Å². The summed E-state index contributed by atoms with van der Waals surface area (Å²) in [6, 6.07) is 16.2. The van der Waals surface area contributed by atoms with Crippen LogP contribution in [0.3, 0.4) is 0 Å². The summed E-state index contributed by atoms with van der Waals surface area (Å²) >= 11 is 0. The topological polar surface area (TPSA) is 69.7 Å². The first kappa shape index (κ1) is 30.1. The highest BCUT2D eigenvalue weighted by molar-refractivity contribution is 5.98. The van der Waals surface area contributed by atoms with Gasteiger partial charge >= 0.3 is 0 Å². The van der Waals surface area contributed by atoms with Gasteiger partial charge in [-0.2, -0.15) is 0 Å². The first-order chi connectivity index (χ1) is 18.6. The first-order valence-corrected chi connectivity index (χ1v) is 14.0. The molecular formula is C32H42FN3O3. The standard InChI is InChI=1S/C32H42FN3O3/c1-22(2)36(23(3)4)32(39)29-19-27(20-30(37)34-18-10-9-13-25-11-7-6-8-12-25)31(38)35(24(29)5)21-26-14-16-28(33)17-15-26/h6-8,11-12,14-17,22-23,27H,9-10,13,18-21H2,1-5H3,(H,34,37). The molecule has 1 atom stereocenters. The minimum atomic E-state index is -0.640. The summed E-state index contributed by atoms with van der Waals surface area (Å²) in [6.45, 7) is 10.4. The summed E-state index contributed by atoms with van der Waals surface area (Å²) < 4.78 is 13.5. The Balaban J connectivity index is 1.71. The van der Waals surface area contributed by atoms with Crippen molar-refractivity contribution in [1.82, 2.24) is 15.1 Å². The van der Waals surface area contributed by atoms with Crippen LogP contribution in [0.2, 0.25) is 0 Å². The molecular weight excluding hydrogens is 493 g/mol. The molecule has 2 aromatic carbocycles. The van der Waals surface area contributed by atoms with Crippen molar-refractivity contribution >= 4 is 17.7 Å². The van der Waals surface area contributed by atoms with Gasteiger partial charge in [0.1, 0.15) is 5.82 Å². The fourth-order valence-electron chi connectivity index (χ4n) is 5.24. The molecule has 0 aromatic heterocycles. The van der Waals surface area contributed by atoms with Crippen LogP contribution in [-0.2, 0) is 27.3 Å². The predicted octanol–water partition coefficient (Wildman–Crippen LogP) is 5.62. The summed E-state index contributed by atoms with van der Waals surface area (Å²) in [7, 11) is 0. The lowest BCUT2D eigenvalue weighted by molar-refractivity contribution is -0.139. The second kappa shape index (κ2) is 14.1. The van der Waals surface area contributed by atoms with Crippen LogP contribution in [0, 0.1) is 11.7 Å². The molecule has 1 heterocycles. The van der Waals surface area contributed by atoms with Crippen LogP contribution in [-0.4, -0.2) is 46.1 Å². The molecule has 1 aliphatic heterocycles. The summed E-state index contributed by atoms with van der Waals surface area (Å²) in [5.41, 5.74) is 3.18. The minimum absolute atomic E-state index is 0.0152. The van der Waals surface area contributed by atoms with E-state index in [0.29, 0.717) is 17.8 Å². The van der Waals surface area contributed by atoms with Crippen LogP contribution in [0.15, 0.2) is 65.9 Å². The van der Waals surface area contributed by atoms with E-state index < -0.39 is 5.92 Å². The predicted molar refractivity (Wildman–Crippen MR) is 152 cm³/mol. The maximum absolute atomic E-state index is 13.7. The van der Waals surface area contributed by atoms with Crippen molar-refractivity contribution in [1.29, 1.82) is 0 Å². The molecule has 1 aliphatic rings. The van der Waals surface area contributed by atoms with Crippen LogP contribution in [0.1, 0.15) is 71.4 Å². The number of allylic oxidation sites excluding steroid dienone is 1. The Morgan fingerprint density at radius 2 is 1.62 bits per heavy atom. The lowest BCUT2D eigenvalue weighted by Crippen LogP contribution is -2.47. The Labute approximate surface area is 232 Å². The second-order valence-electron chi connectivity index (χ2n) is 10.9. The number of hydrogen-bond acceptors (Lipinski definition) is 3. The first-order valence-electron chi connectivity index (χ1n) is 14.0. The van der Waals surface area contributed by atoms with Gasteiger partial charge in [0, 0.05) is 36.3 Å². The number of unbranched alkanes of at least 4 members (excludes halogenated alkanes) is 1. The zero-order valence-corrected chi connectivity index (χ0v) is 23.9. The van der Waals surface area contributed by atoms with Crippen molar-refractivity contribution in [3.63, 3.8) is 0 Å². The van der Waals surface area contributed by atoms with Gasteiger partial charge in [0.25, 0.3) is 5.91 Å². The van der Waals surface area contributed by atoms with Crippen molar-refractivity contribution in [2.75, 3.05) is 6.54 Å². The third-order valence-corrected chi connectivity index (χ3v) is 7.26. The number of rotatable bonds is 12. The number of nitrogens with zero attached hydrogens (tertiary/aromatic N) is 2. The monoisotopic (exact) mass is 535 g/mol. The van der Waals surface area contributed by atoms with Gasteiger partial charge in [-0.05, 0) is 83.6 Å². The van der Waals surface area contributed by atoms with Gasteiger partial charge in [-0.25, -0.2) is 4.39 Å². The molecule has 0 spiro atoms. The van der Waals surface area contributed by atoms with E-state index in [1.807, 2.05) is 50.8 Å². The lowest BCUT2D eigenvalue weighted by Gasteiger charge is -2.38. The fourth-order valence-corrected chi connectivity index (χ4v) is 5.24. The molecule has 0 saturated heterocycles. The third-order valence-electron chi connectivity index (χ3n) is 7.26. The quantitative estimate of drug-likeness (QED) is 0.359. The highest BCUT2D eigenvalue weighted by Crippen LogP contribution is 2.33. The van der Waals surface area contributed by atoms with Crippen LogP contribution < -0.4 is 5.32 Å². The lowest BCUT2D eigenvalue weighted by atomic mass is 9.87. The number of carbonyl (C=O) groups excluding carboxylic acids is 3. The molecule has 0 fully saturated rings. The van der Waals surface area contributed by atoms with Crippen LogP contribution >= 0.6 is 0 Å². The normalized spacial score (nSPS) is 15.7. The summed E-state index contributed by atoms with van der Waals surface area (Å²) in [4.78, 5) is 43.6. The largest absolute Gasteiger partial charge is 0.356 e. The Morgan fingerprint density at radius 3 is 2.23 bits per heavy atom. The van der Waals surface area contributed by atoms with Crippen molar-refractivity contribution < 1.29 is 18.8 Å². The van der Waals surface area contributed by atoms with Crippen molar-refractivity contribution in [3.05, 3.63) is 82.8 Å². The number of benzene rings is 2. The molecule has 3 rings (SSSR count). The van der Waals surface area contributed by atoms with Crippen molar-refractivity contribution in [2.45, 2.75) is 85.4 Å². The molecule has 0 bridgehead atoms. The Kier molecular flexibility index (Phi) is 10.8. The van der Waals surface area contributed by atoms with E-state index in [1.165, 1.54) is 17.7 Å². The zero-order valence-electron chi connectivity index (χ0n) is 23.9. The average molecular weight is 536 g/mol. The zero-order chi connectivity index (χ0) is 28.5. The number of aryl methyl sites for hydroxylation is 1. The molecule has 2 aromatic rings. The third kappa shape index (κ3) is 8.25. The molecule has 3 amide bonds. The molecule has 6 nitrogen and oxygen atoms in total. The van der Waals surface area contributed by atoms with Crippen LogP contribution in [0.5, 0.6) is 0 Å². The molecule has 1 unspecified atom stereocenters. The molecule has 7 heteroatoms. The average Bonchev–Trinajstić information content (AvgIpc) is 2.89. The summed E-state index contributed by atoms with van der Waals surface area (Å²) in [6.07, 6.45) is 2.99. The van der Waals surface area contributed by atoms with Crippen molar-refractivity contribution in [2.24, 2.45) is 5.92 Å². The Hall–Kier alpha value is -3.48. The van der Waals surface area contributed by atoms with Crippen LogP contribution in [0.4, 0.5) is 4.39 Å². The second-order valence-corrected chi connectivity index (χ2v) is 10.9. The highest BCUT2D eigenvalue weighted by atomic mass is 19.1. The Bertz CT molecular complexity index is 1150. The molecule has 1 N–H and O–H groups in total. The highest BCUT2D eigenvalue weighted by Gasteiger charge is 2.38. The molecule has 0 radical (unpaired) electrons. The van der Waals surface area contributed by atoms with Gasteiger partial charge in [-0.3, -0.25) is 14.4 Å². The molecule has 210 valence electrons. The van der Waals surface area contributed by atoms with Gasteiger partial charge in [-0.1, -0.05) is 42.5 Å². The maximum Gasteiger partial charge on any atom is 0.252 e. The van der Waals surface area contributed by atoms with E-state index in [-0.39, 0.29) is 55.0 Å². The van der Waals surface area contributed by atoms with E-state index in [2.05, 4.69) is 17.4 Å². The number of hydrogen-bond donors (Lipinski definition) is 1. The Morgan fingerprint density at radius 1 is 0.974 bits per heavy atom. The maximum atomic E-state index is 13.7. The van der Waals surface area contributed by atoms with E-state index >= 15 is 0 Å². The number of amides is 3. The molecule has 0 aliphatic carbocycles.